The summed E-state index contributed by atoms with van der Waals surface area (Å²) in [4.78, 5) is 4.10. The largest absolute Gasteiger partial charge is 0.497 e. The number of nitrogens with two attached hydrogens (primary N) is 1. The molecule has 2 aromatic rings. The predicted octanol–water partition coefficient (Wildman–Crippen LogP) is 3.72. The highest BCUT2D eigenvalue weighted by atomic mass is 35.5. The van der Waals surface area contributed by atoms with Crippen molar-refractivity contribution in [3.63, 3.8) is 0 Å². The molecule has 0 atom stereocenters. The average molecular weight is 284 g/mol. The van der Waals surface area contributed by atoms with E-state index in [0.717, 1.165) is 0 Å². The standard InChI is InChI=1S/C12H11Cl2N3O/c1-18-8-2-3-9(13)11(5-8)17-12-10(14)4-7(15)6-16-12/h2-6H,15H2,1H3,(H,16,17). The lowest BCUT2D eigenvalue weighted by Crippen LogP contribution is -1.97. The molecule has 2 rings (SSSR count). The van der Waals surface area contributed by atoms with E-state index < -0.39 is 0 Å². The summed E-state index contributed by atoms with van der Waals surface area (Å²) in [5.41, 5.74) is 6.74. The quantitative estimate of drug-likeness (QED) is 0.901. The van der Waals surface area contributed by atoms with E-state index in [1.165, 1.54) is 6.20 Å². The molecule has 18 heavy (non-hydrogen) atoms. The SMILES string of the molecule is COc1ccc(Cl)c(Nc2ncc(N)cc2Cl)c1. The minimum absolute atomic E-state index is 0.425. The van der Waals surface area contributed by atoms with Crippen LogP contribution in [0.5, 0.6) is 5.75 Å². The molecule has 0 fully saturated rings. The summed E-state index contributed by atoms with van der Waals surface area (Å²) < 4.78 is 5.12. The molecule has 0 aliphatic rings. The zero-order chi connectivity index (χ0) is 13.1. The van der Waals surface area contributed by atoms with Crippen LogP contribution in [-0.2, 0) is 0 Å². The molecule has 0 unspecified atom stereocenters. The van der Waals surface area contributed by atoms with Crippen molar-refractivity contribution in [2.24, 2.45) is 0 Å². The van der Waals surface area contributed by atoms with Gasteiger partial charge in [-0.05, 0) is 18.2 Å². The van der Waals surface area contributed by atoms with Gasteiger partial charge in [-0.1, -0.05) is 23.2 Å². The molecule has 0 saturated heterocycles. The number of nitrogens with zero attached hydrogens (tertiary/aromatic N) is 1. The van der Waals surface area contributed by atoms with E-state index >= 15 is 0 Å². The molecule has 0 spiro atoms. The Morgan fingerprint density at radius 3 is 2.67 bits per heavy atom. The Kier molecular flexibility index (Phi) is 3.79. The van der Waals surface area contributed by atoms with E-state index in [9.17, 15) is 0 Å². The summed E-state index contributed by atoms with van der Waals surface area (Å²) in [5, 5.41) is 4.00. The van der Waals surface area contributed by atoms with E-state index in [1.54, 1.807) is 31.4 Å². The van der Waals surface area contributed by atoms with Gasteiger partial charge in [0.2, 0.25) is 0 Å². The van der Waals surface area contributed by atoms with Crippen molar-refractivity contribution in [1.29, 1.82) is 0 Å². The number of nitrogens with one attached hydrogen (secondary N) is 1. The van der Waals surface area contributed by atoms with Gasteiger partial charge in [-0.3, -0.25) is 0 Å². The number of methoxy groups -OCH3 is 1. The van der Waals surface area contributed by atoms with Crippen LogP contribution in [0.1, 0.15) is 0 Å². The van der Waals surface area contributed by atoms with Gasteiger partial charge in [0.05, 0.1) is 34.7 Å². The van der Waals surface area contributed by atoms with E-state index in [4.69, 9.17) is 33.7 Å². The minimum atomic E-state index is 0.425. The minimum Gasteiger partial charge on any atom is -0.497 e. The normalized spacial score (nSPS) is 10.2. The van der Waals surface area contributed by atoms with Gasteiger partial charge in [0, 0.05) is 6.07 Å². The molecule has 0 aliphatic carbocycles. The number of benzene rings is 1. The molecule has 94 valence electrons. The molecular formula is C12H11Cl2N3O. The van der Waals surface area contributed by atoms with Gasteiger partial charge in [0.15, 0.2) is 0 Å². The number of pyridine rings is 1. The molecular weight excluding hydrogens is 273 g/mol. The second-order valence-electron chi connectivity index (χ2n) is 3.57. The summed E-state index contributed by atoms with van der Waals surface area (Å²) in [6.07, 6.45) is 1.52. The monoisotopic (exact) mass is 283 g/mol. The number of aromatic nitrogens is 1. The summed E-state index contributed by atoms with van der Waals surface area (Å²) in [5.74, 6) is 1.18. The maximum absolute atomic E-state index is 6.07. The average Bonchev–Trinajstić information content (AvgIpc) is 2.35. The highest BCUT2D eigenvalue weighted by Crippen LogP contribution is 2.31. The number of hydrogen-bond acceptors (Lipinski definition) is 4. The van der Waals surface area contributed by atoms with E-state index in [2.05, 4.69) is 10.3 Å². The van der Waals surface area contributed by atoms with Crippen LogP contribution >= 0.6 is 23.2 Å². The Morgan fingerprint density at radius 1 is 1.22 bits per heavy atom. The Balaban J connectivity index is 2.33. The first-order valence-corrected chi connectivity index (χ1v) is 5.87. The number of anilines is 3. The van der Waals surface area contributed by atoms with Crippen LogP contribution in [0, 0.1) is 0 Å². The fraction of sp³-hybridized carbons (Fsp3) is 0.0833. The van der Waals surface area contributed by atoms with Crippen molar-refractivity contribution in [2.75, 3.05) is 18.2 Å². The molecule has 1 heterocycles. The molecule has 3 N–H and O–H groups in total. The van der Waals surface area contributed by atoms with Crippen molar-refractivity contribution in [3.05, 3.63) is 40.5 Å². The second kappa shape index (κ2) is 5.33. The van der Waals surface area contributed by atoms with Gasteiger partial charge in [0.1, 0.15) is 11.6 Å². The third-order valence-corrected chi connectivity index (χ3v) is 2.91. The summed E-state index contributed by atoms with van der Waals surface area (Å²) in [7, 11) is 1.58. The summed E-state index contributed by atoms with van der Waals surface area (Å²) >= 11 is 12.1. The van der Waals surface area contributed by atoms with Gasteiger partial charge in [0.25, 0.3) is 0 Å². The molecule has 0 radical (unpaired) electrons. The Labute approximate surface area is 115 Å². The third kappa shape index (κ3) is 2.78. The lowest BCUT2D eigenvalue weighted by Gasteiger charge is -2.10. The Hall–Kier alpha value is -1.65. The van der Waals surface area contributed by atoms with Crippen molar-refractivity contribution in [1.82, 2.24) is 4.98 Å². The molecule has 0 aliphatic heterocycles. The molecule has 0 saturated carbocycles. The van der Waals surface area contributed by atoms with Gasteiger partial charge in [-0.2, -0.15) is 0 Å². The summed E-state index contributed by atoms with van der Waals surface area (Å²) in [6, 6.07) is 6.88. The fourth-order valence-electron chi connectivity index (χ4n) is 1.40. The lowest BCUT2D eigenvalue weighted by molar-refractivity contribution is 0.415. The first-order valence-electron chi connectivity index (χ1n) is 5.11. The number of nitrogen functional groups attached to an aromatic ring is 1. The van der Waals surface area contributed by atoms with Crippen molar-refractivity contribution >= 4 is 40.4 Å². The van der Waals surface area contributed by atoms with Crippen LogP contribution in [0.25, 0.3) is 0 Å². The van der Waals surface area contributed by atoms with Crippen LogP contribution in [-0.4, -0.2) is 12.1 Å². The highest BCUT2D eigenvalue weighted by Gasteiger charge is 2.07. The molecule has 1 aromatic carbocycles. The van der Waals surface area contributed by atoms with Crippen molar-refractivity contribution in [2.45, 2.75) is 0 Å². The second-order valence-corrected chi connectivity index (χ2v) is 4.38. The Bertz CT molecular complexity index is 575. The van der Waals surface area contributed by atoms with E-state index in [-0.39, 0.29) is 0 Å². The molecule has 0 bridgehead atoms. The third-order valence-electron chi connectivity index (χ3n) is 2.29. The maximum atomic E-state index is 6.07. The number of hydrogen-bond donors (Lipinski definition) is 2. The Morgan fingerprint density at radius 2 is 2.00 bits per heavy atom. The van der Waals surface area contributed by atoms with Gasteiger partial charge >= 0.3 is 0 Å². The van der Waals surface area contributed by atoms with Crippen LogP contribution < -0.4 is 15.8 Å². The van der Waals surface area contributed by atoms with Gasteiger partial charge < -0.3 is 15.8 Å². The smallest absolute Gasteiger partial charge is 0.149 e. The molecule has 1 aromatic heterocycles. The van der Waals surface area contributed by atoms with Crippen LogP contribution in [0.2, 0.25) is 10.0 Å². The highest BCUT2D eigenvalue weighted by molar-refractivity contribution is 6.34. The first-order chi connectivity index (χ1) is 8.60. The van der Waals surface area contributed by atoms with Gasteiger partial charge in [-0.25, -0.2) is 4.98 Å². The molecule has 4 nitrogen and oxygen atoms in total. The molecule has 0 amide bonds. The number of ether oxygens (including phenoxy) is 1. The van der Waals surface area contributed by atoms with E-state index in [1.807, 2.05) is 0 Å². The topological polar surface area (TPSA) is 60.2 Å². The number of rotatable bonds is 3. The maximum Gasteiger partial charge on any atom is 0.149 e. The lowest BCUT2D eigenvalue weighted by atomic mass is 10.3. The molecule has 6 heteroatoms. The zero-order valence-electron chi connectivity index (χ0n) is 9.58. The van der Waals surface area contributed by atoms with Crippen LogP contribution in [0.3, 0.4) is 0 Å². The summed E-state index contributed by atoms with van der Waals surface area (Å²) in [6.45, 7) is 0. The first kappa shape index (κ1) is 12.8. The van der Waals surface area contributed by atoms with Crippen molar-refractivity contribution in [3.8, 4) is 5.75 Å². The van der Waals surface area contributed by atoms with E-state index in [0.29, 0.717) is 33.0 Å². The number of halogens is 2. The van der Waals surface area contributed by atoms with Crippen LogP contribution in [0.4, 0.5) is 17.2 Å². The van der Waals surface area contributed by atoms with Crippen LogP contribution in [0.15, 0.2) is 30.5 Å². The van der Waals surface area contributed by atoms with Crippen molar-refractivity contribution < 1.29 is 4.74 Å². The fourth-order valence-corrected chi connectivity index (χ4v) is 1.79. The predicted molar refractivity (Wildman–Crippen MR) is 74.9 cm³/mol. The zero-order valence-corrected chi connectivity index (χ0v) is 11.1. The van der Waals surface area contributed by atoms with Gasteiger partial charge in [-0.15, -0.1) is 0 Å².